The number of morpholine rings is 1. The molecule has 1 atom stereocenters. The zero-order valence-electron chi connectivity index (χ0n) is 9.45. The van der Waals surface area contributed by atoms with Crippen LogP contribution in [0, 0.1) is 0 Å². The molecule has 1 fully saturated rings. The molecule has 0 bridgehead atoms. The molecule has 1 aliphatic rings. The molecule has 0 spiro atoms. The lowest BCUT2D eigenvalue weighted by molar-refractivity contribution is -0.0784. The van der Waals surface area contributed by atoms with E-state index in [0.717, 1.165) is 19.7 Å². The van der Waals surface area contributed by atoms with E-state index < -0.39 is 0 Å². The number of rotatable bonds is 4. The summed E-state index contributed by atoms with van der Waals surface area (Å²) in [5, 5.41) is 0. The summed E-state index contributed by atoms with van der Waals surface area (Å²) in [4.78, 5) is 2.38. The Bertz CT molecular complexity index is 190. The van der Waals surface area contributed by atoms with Crippen molar-refractivity contribution in [3.05, 3.63) is 12.7 Å². The highest BCUT2D eigenvalue weighted by Crippen LogP contribution is 2.19. The first kappa shape index (κ1) is 11.7. The van der Waals surface area contributed by atoms with Crippen LogP contribution in [0.1, 0.15) is 13.8 Å². The van der Waals surface area contributed by atoms with Crippen molar-refractivity contribution >= 4 is 0 Å². The fraction of sp³-hybridized carbons (Fsp3) is 0.818. The molecule has 82 valence electrons. The maximum absolute atomic E-state index is 5.59. The van der Waals surface area contributed by atoms with Gasteiger partial charge in [-0.3, -0.25) is 4.90 Å². The predicted molar refractivity (Wildman–Crippen MR) is 57.5 cm³/mol. The molecular formula is C11H21NO2. The molecule has 1 aliphatic heterocycles. The maximum Gasteiger partial charge on any atom is 0.0935 e. The minimum Gasteiger partial charge on any atom is -0.382 e. The van der Waals surface area contributed by atoms with Gasteiger partial charge in [-0.15, -0.1) is 6.58 Å². The van der Waals surface area contributed by atoms with Crippen LogP contribution < -0.4 is 0 Å². The molecule has 0 aromatic carbocycles. The summed E-state index contributed by atoms with van der Waals surface area (Å²) < 4.78 is 10.7. The summed E-state index contributed by atoms with van der Waals surface area (Å²) in [6.45, 7) is 11.6. The van der Waals surface area contributed by atoms with Crippen LogP contribution in [0.15, 0.2) is 12.7 Å². The van der Waals surface area contributed by atoms with Gasteiger partial charge in [-0.05, 0) is 13.8 Å². The van der Waals surface area contributed by atoms with E-state index in [1.165, 1.54) is 0 Å². The van der Waals surface area contributed by atoms with Gasteiger partial charge in [-0.2, -0.15) is 0 Å². The second-order valence-corrected chi connectivity index (χ2v) is 4.25. The van der Waals surface area contributed by atoms with Gasteiger partial charge in [0.05, 0.1) is 19.3 Å². The Labute approximate surface area is 86.7 Å². The van der Waals surface area contributed by atoms with Crippen LogP contribution in [0.25, 0.3) is 0 Å². The third kappa shape index (κ3) is 2.80. The van der Waals surface area contributed by atoms with Crippen LogP contribution in [0.3, 0.4) is 0 Å². The number of nitrogens with zero attached hydrogens (tertiary/aromatic N) is 1. The SMILES string of the molecule is C=CC(C)(C)N1CCOC(COC)C1. The van der Waals surface area contributed by atoms with Crippen molar-refractivity contribution in [1.82, 2.24) is 4.90 Å². The fourth-order valence-corrected chi connectivity index (χ4v) is 1.66. The van der Waals surface area contributed by atoms with Gasteiger partial charge in [0.15, 0.2) is 0 Å². The molecule has 0 saturated carbocycles. The minimum atomic E-state index is 0.0514. The Balaban J connectivity index is 2.51. The first-order valence-electron chi connectivity index (χ1n) is 5.09. The summed E-state index contributed by atoms with van der Waals surface area (Å²) >= 11 is 0. The molecule has 0 aromatic heterocycles. The quantitative estimate of drug-likeness (QED) is 0.637. The molecule has 0 aliphatic carbocycles. The molecule has 3 heteroatoms. The second kappa shape index (κ2) is 4.91. The normalized spacial score (nSPS) is 24.9. The summed E-state index contributed by atoms with van der Waals surface area (Å²) in [5.41, 5.74) is 0.0514. The average molecular weight is 199 g/mol. The lowest BCUT2D eigenvalue weighted by Crippen LogP contribution is -2.52. The molecule has 0 amide bonds. The van der Waals surface area contributed by atoms with Crippen LogP contribution in [0.5, 0.6) is 0 Å². The van der Waals surface area contributed by atoms with Crippen molar-refractivity contribution in [2.24, 2.45) is 0 Å². The lowest BCUT2D eigenvalue weighted by atomic mass is 10.0. The van der Waals surface area contributed by atoms with E-state index >= 15 is 0 Å². The first-order chi connectivity index (χ1) is 6.60. The van der Waals surface area contributed by atoms with E-state index in [1.54, 1.807) is 7.11 Å². The van der Waals surface area contributed by atoms with Gasteiger partial charge in [0.1, 0.15) is 0 Å². The molecule has 1 unspecified atom stereocenters. The topological polar surface area (TPSA) is 21.7 Å². The summed E-state index contributed by atoms with van der Waals surface area (Å²) in [5.74, 6) is 0. The summed E-state index contributed by atoms with van der Waals surface area (Å²) in [6, 6.07) is 0. The molecule has 1 saturated heterocycles. The molecule has 14 heavy (non-hydrogen) atoms. The molecule has 1 heterocycles. The van der Waals surface area contributed by atoms with Crippen molar-refractivity contribution in [3.63, 3.8) is 0 Å². The van der Waals surface area contributed by atoms with Crippen LogP contribution >= 0.6 is 0 Å². The number of hydrogen-bond acceptors (Lipinski definition) is 3. The molecule has 3 nitrogen and oxygen atoms in total. The van der Waals surface area contributed by atoms with Gasteiger partial charge in [0, 0.05) is 25.7 Å². The molecular weight excluding hydrogens is 178 g/mol. The standard InChI is InChI=1S/C11H21NO2/c1-5-11(2,3)12-6-7-14-10(8-12)9-13-4/h5,10H,1,6-9H2,2-4H3. The average Bonchev–Trinajstić information content (AvgIpc) is 2.19. The maximum atomic E-state index is 5.59. The van der Waals surface area contributed by atoms with Crippen molar-refractivity contribution in [1.29, 1.82) is 0 Å². The van der Waals surface area contributed by atoms with E-state index in [2.05, 4.69) is 25.3 Å². The van der Waals surface area contributed by atoms with Gasteiger partial charge in [0.2, 0.25) is 0 Å². The molecule has 0 radical (unpaired) electrons. The smallest absolute Gasteiger partial charge is 0.0935 e. The van der Waals surface area contributed by atoms with Crippen molar-refractivity contribution < 1.29 is 9.47 Å². The van der Waals surface area contributed by atoms with Gasteiger partial charge in [0.25, 0.3) is 0 Å². The van der Waals surface area contributed by atoms with Crippen LogP contribution in [-0.4, -0.2) is 50.0 Å². The van der Waals surface area contributed by atoms with Gasteiger partial charge < -0.3 is 9.47 Å². The van der Waals surface area contributed by atoms with E-state index in [9.17, 15) is 0 Å². The Morgan fingerprint density at radius 2 is 2.36 bits per heavy atom. The van der Waals surface area contributed by atoms with Gasteiger partial charge in [-0.25, -0.2) is 0 Å². The van der Waals surface area contributed by atoms with E-state index in [-0.39, 0.29) is 11.6 Å². The third-order valence-electron chi connectivity index (χ3n) is 2.81. The molecule has 0 N–H and O–H groups in total. The molecule has 1 rings (SSSR count). The van der Waals surface area contributed by atoms with E-state index in [0.29, 0.717) is 6.61 Å². The largest absolute Gasteiger partial charge is 0.382 e. The highest BCUT2D eigenvalue weighted by molar-refractivity contribution is 4.98. The van der Waals surface area contributed by atoms with E-state index in [1.807, 2.05) is 6.08 Å². The Kier molecular flexibility index (Phi) is 4.11. The van der Waals surface area contributed by atoms with E-state index in [4.69, 9.17) is 9.47 Å². The monoisotopic (exact) mass is 199 g/mol. The summed E-state index contributed by atoms with van der Waals surface area (Å²) in [7, 11) is 1.71. The Morgan fingerprint density at radius 1 is 1.64 bits per heavy atom. The van der Waals surface area contributed by atoms with Crippen molar-refractivity contribution in [3.8, 4) is 0 Å². The highest BCUT2D eigenvalue weighted by Gasteiger charge is 2.29. The fourth-order valence-electron chi connectivity index (χ4n) is 1.66. The van der Waals surface area contributed by atoms with Crippen LogP contribution in [0.4, 0.5) is 0 Å². The third-order valence-corrected chi connectivity index (χ3v) is 2.81. The lowest BCUT2D eigenvalue weighted by Gasteiger charge is -2.41. The highest BCUT2D eigenvalue weighted by atomic mass is 16.5. The second-order valence-electron chi connectivity index (χ2n) is 4.25. The minimum absolute atomic E-state index is 0.0514. The number of hydrogen-bond donors (Lipinski definition) is 0. The predicted octanol–water partition coefficient (Wildman–Crippen LogP) is 1.30. The summed E-state index contributed by atoms with van der Waals surface area (Å²) in [6.07, 6.45) is 2.19. The molecule has 0 aromatic rings. The van der Waals surface area contributed by atoms with Crippen LogP contribution in [0.2, 0.25) is 0 Å². The Hall–Kier alpha value is -0.380. The van der Waals surface area contributed by atoms with Crippen molar-refractivity contribution in [2.45, 2.75) is 25.5 Å². The number of ether oxygens (including phenoxy) is 2. The zero-order valence-corrected chi connectivity index (χ0v) is 9.45. The van der Waals surface area contributed by atoms with Gasteiger partial charge >= 0.3 is 0 Å². The van der Waals surface area contributed by atoms with Gasteiger partial charge in [-0.1, -0.05) is 6.08 Å². The van der Waals surface area contributed by atoms with Crippen molar-refractivity contribution in [2.75, 3.05) is 33.4 Å². The zero-order chi connectivity index (χ0) is 10.6. The van der Waals surface area contributed by atoms with Crippen LogP contribution in [-0.2, 0) is 9.47 Å². The number of methoxy groups -OCH3 is 1. The first-order valence-corrected chi connectivity index (χ1v) is 5.09. The Morgan fingerprint density at radius 3 is 2.93 bits per heavy atom.